The number of imidazole rings is 1. The van der Waals surface area contributed by atoms with Crippen LogP contribution in [-0.4, -0.2) is 37.1 Å². The quantitative estimate of drug-likeness (QED) is 0.520. The molecule has 0 aliphatic rings. The number of aldehydes is 1. The van der Waals surface area contributed by atoms with Crippen LogP contribution < -0.4 is 5.32 Å². The summed E-state index contributed by atoms with van der Waals surface area (Å²) in [4.78, 5) is 13.1. The van der Waals surface area contributed by atoms with Crippen LogP contribution in [0, 0.1) is 5.82 Å². The number of nitrogens with one attached hydrogen (secondary N) is 1. The van der Waals surface area contributed by atoms with Crippen LogP contribution in [0.1, 0.15) is 6.92 Å². The van der Waals surface area contributed by atoms with E-state index in [1.807, 2.05) is 6.07 Å². The van der Waals surface area contributed by atoms with E-state index in [0.717, 1.165) is 16.2 Å². The van der Waals surface area contributed by atoms with Crippen LogP contribution in [-0.2, 0) is 4.79 Å². The van der Waals surface area contributed by atoms with Gasteiger partial charge in [-0.05, 0) is 43.3 Å². The second-order valence-corrected chi connectivity index (χ2v) is 6.00. The Morgan fingerprint density at radius 3 is 2.50 bits per heavy atom. The first-order chi connectivity index (χ1) is 13.6. The first-order valence-corrected chi connectivity index (χ1v) is 8.86. The van der Waals surface area contributed by atoms with E-state index >= 15 is 0 Å². The van der Waals surface area contributed by atoms with E-state index in [4.69, 9.17) is 4.79 Å². The van der Waals surface area contributed by atoms with Gasteiger partial charge in [0.1, 0.15) is 23.6 Å². The van der Waals surface area contributed by atoms with Gasteiger partial charge in [0.05, 0.1) is 18.1 Å². The van der Waals surface area contributed by atoms with E-state index in [-0.39, 0.29) is 18.2 Å². The molecule has 144 valence electrons. The fourth-order valence-electron chi connectivity index (χ4n) is 2.58. The molecule has 4 rings (SSSR count). The lowest BCUT2D eigenvalue weighted by Crippen LogP contribution is -1.99. The number of nitrogens with zero attached hydrogens (tertiary/aromatic N) is 5. The predicted molar refractivity (Wildman–Crippen MR) is 105 cm³/mol. The molecule has 1 aromatic carbocycles. The number of aromatic nitrogens is 5. The van der Waals surface area contributed by atoms with E-state index < -0.39 is 0 Å². The van der Waals surface area contributed by atoms with Crippen molar-refractivity contribution in [3.63, 3.8) is 0 Å². The van der Waals surface area contributed by atoms with Gasteiger partial charge in [0.25, 0.3) is 0 Å². The van der Waals surface area contributed by atoms with Crippen molar-refractivity contribution in [1.29, 1.82) is 0 Å². The minimum Gasteiger partial charge on any atom is -0.372 e. The van der Waals surface area contributed by atoms with Crippen LogP contribution in [0.25, 0.3) is 28.2 Å². The van der Waals surface area contributed by atoms with Crippen LogP contribution in [0.5, 0.6) is 0 Å². The lowest BCUT2D eigenvalue weighted by Gasteiger charge is -2.04. The van der Waals surface area contributed by atoms with Gasteiger partial charge >= 0.3 is 0 Å². The van der Waals surface area contributed by atoms with Crippen molar-refractivity contribution in [3.8, 4) is 22.5 Å². The maximum Gasteiger partial charge on any atom is 0.187 e. The van der Waals surface area contributed by atoms with E-state index in [0.29, 0.717) is 28.2 Å². The van der Waals surface area contributed by atoms with Crippen LogP contribution in [0.4, 0.5) is 14.1 Å². The minimum atomic E-state index is -0.346. The van der Waals surface area contributed by atoms with Gasteiger partial charge in [-0.15, -0.1) is 3.89 Å². The lowest BCUT2D eigenvalue weighted by atomic mass is 10.1. The summed E-state index contributed by atoms with van der Waals surface area (Å²) < 4.78 is 29.0. The number of carbonyl (C=O) groups is 1. The van der Waals surface area contributed by atoms with Gasteiger partial charge in [-0.2, -0.15) is 18.8 Å². The summed E-state index contributed by atoms with van der Waals surface area (Å²) in [6.45, 7) is 1.44. The Kier molecular flexibility index (Phi) is 5.99. The molecule has 7 nitrogen and oxygen atoms in total. The van der Waals surface area contributed by atoms with Gasteiger partial charge in [0, 0.05) is 18.2 Å². The number of hydrogen-bond donors (Lipinski definition) is 1. The van der Waals surface area contributed by atoms with Crippen molar-refractivity contribution in [2.24, 2.45) is 0 Å². The van der Waals surface area contributed by atoms with Gasteiger partial charge in [0.15, 0.2) is 18.0 Å². The number of fused-ring (bicyclic) bond motifs is 1. The maximum atomic E-state index is 13.2. The summed E-state index contributed by atoms with van der Waals surface area (Å²) in [6, 6.07) is 9.49. The van der Waals surface area contributed by atoms with Gasteiger partial charge in [-0.25, -0.2) is 9.37 Å². The Morgan fingerprint density at radius 2 is 1.86 bits per heavy atom. The molecule has 0 saturated carbocycles. The van der Waals surface area contributed by atoms with E-state index in [2.05, 4.69) is 20.5 Å². The number of benzene rings is 1. The SMILES string of the molecule is CC=O.CNc1cnc2ccc(-c3cn(SF)nc3-c3ccc(F)cc3)nn12. The molecule has 28 heavy (non-hydrogen) atoms. The molecule has 0 spiro atoms. The number of rotatable bonds is 4. The van der Waals surface area contributed by atoms with Crippen molar-refractivity contribution < 1.29 is 13.1 Å². The normalized spacial score (nSPS) is 10.4. The highest BCUT2D eigenvalue weighted by atomic mass is 32.2. The highest BCUT2D eigenvalue weighted by Crippen LogP contribution is 2.31. The summed E-state index contributed by atoms with van der Waals surface area (Å²) in [5.74, 6) is 0.383. The average molecular weight is 402 g/mol. The monoisotopic (exact) mass is 402 g/mol. The third-order valence-corrected chi connectivity index (χ3v) is 4.10. The third-order valence-electron chi connectivity index (χ3n) is 3.78. The molecule has 0 radical (unpaired) electrons. The summed E-state index contributed by atoms with van der Waals surface area (Å²) in [5.41, 5.74) is 3.11. The fraction of sp³-hybridized carbons (Fsp3) is 0.111. The van der Waals surface area contributed by atoms with Crippen LogP contribution in [0.2, 0.25) is 0 Å². The second kappa shape index (κ2) is 8.61. The van der Waals surface area contributed by atoms with Crippen LogP contribution in [0.3, 0.4) is 0 Å². The predicted octanol–water partition coefficient (Wildman–Crippen LogP) is 4.03. The Labute approximate surface area is 163 Å². The Morgan fingerprint density at radius 1 is 1.14 bits per heavy atom. The molecule has 0 amide bonds. The van der Waals surface area contributed by atoms with Gasteiger partial charge in [-0.1, -0.05) is 0 Å². The van der Waals surface area contributed by atoms with Crippen molar-refractivity contribution in [1.82, 2.24) is 23.8 Å². The zero-order chi connectivity index (χ0) is 20.1. The second-order valence-electron chi connectivity index (χ2n) is 5.49. The topological polar surface area (TPSA) is 77.1 Å². The Hall–Kier alpha value is -3.27. The van der Waals surface area contributed by atoms with E-state index in [9.17, 15) is 8.28 Å². The highest BCUT2D eigenvalue weighted by molar-refractivity contribution is 7.92. The molecule has 0 saturated heterocycles. The van der Waals surface area contributed by atoms with Crippen molar-refractivity contribution in [2.75, 3.05) is 12.4 Å². The number of hydrogen-bond acceptors (Lipinski definition) is 6. The lowest BCUT2D eigenvalue weighted by molar-refractivity contribution is -0.106. The molecule has 3 aromatic heterocycles. The molecule has 0 aliphatic carbocycles. The van der Waals surface area contributed by atoms with Crippen molar-refractivity contribution in [3.05, 3.63) is 54.6 Å². The molecule has 10 heteroatoms. The van der Waals surface area contributed by atoms with Crippen molar-refractivity contribution in [2.45, 2.75) is 6.92 Å². The fourth-order valence-corrected chi connectivity index (χ4v) is 2.84. The summed E-state index contributed by atoms with van der Waals surface area (Å²) in [5, 5.41) is 11.8. The van der Waals surface area contributed by atoms with Gasteiger partial charge in [0.2, 0.25) is 0 Å². The maximum absolute atomic E-state index is 13.2. The minimum absolute atomic E-state index is 0.0186. The molecule has 3 heterocycles. The zero-order valence-electron chi connectivity index (χ0n) is 15.0. The number of carbonyl (C=O) groups excluding carboxylic acids is 1. The van der Waals surface area contributed by atoms with Gasteiger partial charge < -0.3 is 10.1 Å². The molecule has 0 bridgehead atoms. The summed E-state index contributed by atoms with van der Waals surface area (Å²) >= 11 is -0.0186. The first kappa shape index (κ1) is 19.5. The Bertz CT molecular complexity index is 1090. The largest absolute Gasteiger partial charge is 0.372 e. The van der Waals surface area contributed by atoms with E-state index in [1.165, 1.54) is 19.1 Å². The molecule has 4 aromatic rings. The zero-order valence-corrected chi connectivity index (χ0v) is 15.8. The molecule has 0 unspecified atom stereocenters. The first-order valence-electron chi connectivity index (χ1n) is 8.18. The van der Waals surface area contributed by atoms with Crippen LogP contribution >= 0.6 is 12.3 Å². The average Bonchev–Trinajstić information content (AvgIpc) is 3.32. The number of halogens is 2. The standard InChI is InChI=1S/C16H12F2N6S.C2H4O/c1-19-15-8-20-14-7-6-13(21-24(14)15)12-9-23(25-18)22-16(12)10-2-4-11(17)5-3-10;1-2-3/h2-9,19H,1H3;2H,1H3. The van der Waals surface area contributed by atoms with E-state index in [1.54, 1.807) is 42.2 Å². The molecular weight excluding hydrogens is 386 g/mol. The Balaban J connectivity index is 0.000000706. The smallest absolute Gasteiger partial charge is 0.187 e. The molecular formula is C18H16F2N6OS. The number of anilines is 1. The molecule has 1 N–H and O–H groups in total. The van der Waals surface area contributed by atoms with Gasteiger partial charge in [-0.3, -0.25) is 0 Å². The molecule has 0 aliphatic heterocycles. The molecule has 0 atom stereocenters. The molecule has 0 fully saturated rings. The highest BCUT2D eigenvalue weighted by Gasteiger charge is 2.16. The third kappa shape index (κ3) is 3.86. The van der Waals surface area contributed by atoms with Crippen LogP contribution in [0.15, 0.2) is 48.8 Å². The summed E-state index contributed by atoms with van der Waals surface area (Å²) in [6.07, 6.45) is 3.97. The van der Waals surface area contributed by atoms with Crippen molar-refractivity contribution >= 4 is 30.1 Å². The summed E-state index contributed by atoms with van der Waals surface area (Å²) in [7, 11) is 1.78.